The highest BCUT2D eigenvalue weighted by Crippen LogP contribution is 2.27. The number of nitrogens with zero attached hydrogens (tertiary/aromatic N) is 5. The number of ether oxygens (including phenoxy) is 1. The first-order valence-corrected chi connectivity index (χ1v) is 9.81. The van der Waals surface area contributed by atoms with E-state index in [1.54, 1.807) is 0 Å². The van der Waals surface area contributed by atoms with Gasteiger partial charge in [0.1, 0.15) is 5.75 Å². The molecule has 0 saturated carbocycles. The Bertz CT molecular complexity index is 802. The zero-order valence-corrected chi connectivity index (χ0v) is 16.2. The van der Waals surface area contributed by atoms with Crippen LogP contribution in [0.4, 0.5) is 13.2 Å². The number of benzene rings is 1. The summed E-state index contributed by atoms with van der Waals surface area (Å²) in [5.74, 6) is -0.125. The van der Waals surface area contributed by atoms with Gasteiger partial charge < -0.3 is 9.64 Å². The third-order valence-corrected chi connectivity index (χ3v) is 5.47. The summed E-state index contributed by atoms with van der Waals surface area (Å²) in [6.45, 7) is 4.10. The van der Waals surface area contributed by atoms with Crippen molar-refractivity contribution in [3.8, 4) is 11.4 Å². The molecule has 1 amide bonds. The van der Waals surface area contributed by atoms with Gasteiger partial charge in [0.2, 0.25) is 11.1 Å². The summed E-state index contributed by atoms with van der Waals surface area (Å²) >= 11 is 1.19. The Kier molecular flexibility index (Phi) is 6.11. The first kappa shape index (κ1) is 20.4. The second-order valence-corrected chi connectivity index (χ2v) is 7.58. The van der Waals surface area contributed by atoms with Gasteiger partial charge in [-0.15, -0.1) is 18.3 Å². The van der Waals surface area contributed by atoms with E-state index in [1.807, 2.05) is 18.7 Å². The maximum absolute atomic E-state index is 12.6. The van der Waals surface area contributed by atoms with Gasteiger partial charge in [0.05, 0.1) is 11.4 Å². The molecule has 0 unspecified atom stereocenters. The van der Waals surface area contributed by atoms with Crippen LogP contribution in [0.5, 0.6) is 5.75 Å². The van der Waals surface area contributed by atoms with E-state index in [4.69, 9.17) is 0 Å². The Morgan fingerprint density at radius 3 is 2.46 bits per heavy atom. The van der Waals surface area contributed by atoms with Gasteiger partial charge in [-0.1, -0.05) is 11.8 Å². The number of carbonyl (C=O) groups is 1. The number of likely N-dealkylation sites (tertiary alicyclic amines) is 1. The van der Waals surface area contributed by atoms with Crippen LogP contribution in [0, 0.1) is 0 Å². The summed E-state index contributed by atoms with van der Waals surface area (Å²) < 4.78 is 42.0. The summed E-state index contributed by atoms with van der Waals surface area (Å²) in [7, 11) is 0. The highest BCUT2D eigenvalue weighted by Gasteiger charge is 2.31. The highest BCUT2D eigenvalue weighted by molar-refractivity contribution is 7.99. The second kappa shape index (κ2) is 8.38. The lowest BCUT2D eigenvalue weighted by Crippen LogP contribution is -2.48. The average molecular weight is 415 g/mol. The minimum Gasteiger partial charge on any atom is -0.406 e. The van der Waals surface area contributed by atoms with Crippen LogP contribution in [-0.4, -0.2) is 55.2 Å². The number of halogens is 3. The molecule has 1 saturated heterocycles. The first-order chi connectivity index (χ1) is 13.2. The van der Waals surface area contributed by atoms with Gasteiger partial charge in [-0.05, 0) is 67.8 Å². The van der Waals surface area contributed by atoms with Gasteiger partial charge in [-0.3, -0.25) is 4.79 Å². The van der Waals surface area contributed by atoms with Crippen LogP contribution >= 0.6 is 11.8 Å². The van der Waals surface area contributed by atoms with E-state index in [1.165, 1.54) is 40.7 Å². The van der Waals surface area contributed by atoms with Crippen molar-refractivity contribution in [1.82, 2.24) is 25.1 Å². The van der Waals surface area contributed by atoms with Gasteiger partial charge in [-0.25, -0.2) is 0 Å². The summed E-state index contributed by atoms with van der Waals surface area (Å²) in [4.78, 5) is 14.6. The van der Waals surface area contributed by atoms with Gasteiger partial charge in [0.15, 0.2) is 0 Å². The van der Waals surface area contributed by atoms with Crippen molar-refractivity contribution in [3.63, 3.8) is 0 Å². The van der Waals surface area contributed by atoms with Crippen molar-refractivity contribution in [3.05, 3.63) is 24.3 Å². The van der Waals surface area contributed by atoms with E-state index in [0.717, 1.165) is 19.3 Å². The average Bonchev–Trinajstić information content (AvgIpc) is 3.07. The molecule has 1 fully saturated rings. The van der Waals surface area contributed by atoms with Gasteiger partial charge in [-0.2, -0.15) is 4.68 Å². The summed E-state index contributed by atoms with van der Waals surface area (Å²) in [6, 6.07) is 5.60. The molecular formula is C17H20F3N5O2S. The molecule has 1 aliphatic rings. The monoisotopic (exact) mass is 415 g/mol. The number of hydrogen-bond acceptors (Lipinski definition) is 6. The van der Waals surface area contributed by atoms with Crippen molar-refractivity contribution in [2.45, 2.75) is 56.7 Å². The van der Waals surface area contributed by atoms with Crippen LogP contribution < -0.4 is 4.74 Å². The van der Waals surface area contributed by atoms with Crippen molar-refractivity contribution >= 4 is 17.7 Å². The van der Waals surface area contributed by atoms with Crippen LogP contribution in [0.3, 0.4) is 0 Å². The Morgan fingerprint density at radius 1 is 1.21 bits per heavy atom. The SMILES string of the molecule is C[C@@H]1CCC[C@H](C)N1C(=O)CSc1nnnn1-c1ccc(OC(F)(F)F)cc1. The number of tetrazole rings is 1. The normalized spacial score (nSPS) is 20.2. The number of thioether (sulfide) groups is 1. The molecule has 152 valence electrons. The molecule has 0 radical (unpaired) electrons. The fourth-order valence-corrected chi connectivity index (χ4v) is 4.09. The van der Waals surface area contributed by atoms with E-state index in [9.17, 15) is 18.0 Å². The fourth-order valence-electron chi connectivity index (χ4n) is 3.33. The topological polar surface area (TPSA) is 73.1 Å². The van der Waals surface area contributed by atoms with E-state index in [-0.39, 0.29) is 29.5 Å². The van der Waals surface area contributed by atoms with Crippen LogP contribution in [0.15, 0.2) is 29.4 Å². The van der Waals surface area contributed by atoms with Crippen molar-refractivity contribution in [2.24, 2.45) is 0 Å². The number of piperidine rings is 1. The lowest BCUT2D eigenvalue weighted by atomic mass is 9.98. The predicted molar refractivity (Wildman–Crippen MR) is 96.2 cm³/mol. The van der Waals surface area contributed by atoms with E-state index in [2.05, 4.69) is 20.3 Å². The smallest absolute Gasteiger partial charge is 0.406 e. The Balaban J connectivity index is 1.66. The number of hydrogen-bond donors (Lipinski definition) is 0. The molecule has 0 N–H and O–H groups in total. The summed E-state index contributed by atoms with van der Waals surface area (Å²) in [5, 5.41) is 11.8. The van der Waals surface area contributed by atoms with Crippen LogP contribution in [0.25, 0.3) is 5.69 Å². The van der Waals surface area contributed by atoms with E-state index < -0.39 is 6.36 Å². The standard InChI is InChI=1S/C17H20F3N5O2S/c1-11-4-3-5-12(2)24(11)15(26)10-28-16-21-22-23-25(16)13-6-8-14(9-7-13)27-17(18,19)20/h6-9,11-12H,3-5,10H2,1-2H3/t11-,12+. The maximum atomic E-state index is 12.6. The number of alkyl halides is 3. The maximum Gasteiger partial charge on any atom is 0.573 e. The number of amides is 1. The van der Waals surface area contributed by atoms with Gasteiger partial charge in [0, 0.05) is 12.1 Å². The number of aromatic nitrogens is 4. The zero-order chi connectivity index (χ0) is 20.3. The Hall–Kier alpha value is -2.30. The third-order valence-electron chi connectivity index (χ3n) is 4.56. The van der Waals surface area contributed by atoms with E-state index in [0.29, 0.717) is 10.8 Å². The van der Waals surface area contributed by atoms with Gasteiger partial charge in [0.25, 0.3) is 0 Å². The second-order valence-electron chi connectivity index (χ2n) is 6.63. The van der Waals surface area contributed by atoms with Crippen LogP contribution in [0.1, 0.15) is 33.1 Å². The largest absolute Gasteiger partial charge is 0.573 e. The molecule has 1 aliphatic heterocycles. The van der Waals surface area contributed by atoms with E-state index >= 15 is 0 Å². The molecule has 0 spiro atoms. The molecule has 2 atom stereocenters. The fraction of sp³-hybridized carbons (Fsp3) is 0.529. The molecular weight excluding hydrogens is 395 g/mol. The van der Waals surface area contributed by atoms with Crippen molar-refractivity contribution < 1.29 is 22.7 Å². The molecule has 1 aromatic heterocycles. The van der Waals surface area contributed by atoms with Crippen molar-refractivity contribution in [1.29, 1.82) is 0 Å². The molecule has 0 aliphatic carbocycles. The number of rotatable bonds is 5. The summed E-state index contributed by atoms with van der Waals surface area (Å²) in [5.41, 5.74) is 0.467. The molecule has 3 rings (SSSR count). The van der Waals surface area contributed by atoms with Gasteiger partial charge >= 0.3 is 6.36 Å². The minimum absolute atomic E-state index is 0.0215. The number of carbonyl (C=O) groups excluding carboxylic acids is 1. The quantitative estimate of drug-likeness (QED) is 0.697. The molecule has 7 nitrogen and oxygen atoms in total. The molecule has 1 aromatic carbocycles. The lowest BCUT2D eigenvalue weighted by Gasteiger charge is -2.39. The molecule has 2 heterocycles. The molecule has 2 aromatic rings. The Labute approximate surface area is 164 Å². The van der Waals surface area contributed by atoms with Crippen LogP contribution in [0.2, 0.25) is 0 Å². The third kappa shape index (κ3) is 4.94. The molecule has 28 heavy (non-hydrogen) atoms. The first-order valence-electron chi connectivity index (χ1n) is 8.83. The summed E-state index contributed by atoms with van der Waals surface area (Å²) in [6.07, 6.45) is -1.65. The lowest BCUT2D eigenvalue weighted by molar-refractivity contribution is -0.274. The van der Waals surface area contributed by atoms with Crippen molar-refractivity contribution in [2.75, 3.05) is 5.75 Å². The highest BCUT2D eigenvalue weighted by atomic mass is 32.2. The zero-order valence-electron chi connectivity index (χ0n) is 15.4. The van der Waals surface area contributed by atoms with Crippen LogP contribution in [-0.2, 0) is 4.79 Å². The minimum atomic E-state index is -4.75. The molecule has 0 bridgehead atoms. The molecule has 11 heteroatoms. The predicted octanol–water partition coefficient (Wildman–Crippen LogP) is 3.44. The Morgan fingerprint density at radius 2 is 1.86 bits per heavy atom.